The van der Waals surface area contributed by atoms with E-state index in [9.17, 15) is 14.4 Å². The third kappa shape index (κ3) is 2.55. The molecule has 0 aromatic carbocycles. The predicted octanol–water partition coefficient (Wildman–Crippen LogP) is 0.700. The number of urea groups is 1. The highest BCUT2D eigenvalue weighted by Gasteiger charge is 2.41. The van der Waals surface area contributed by atoms with Crippen LogP contribution in [0.4, 0.5) is 4.79 Å². The first-order valence-electron chi connectivity index (χ1n) is 5.14. The van der Waals surface area contributed by atoms with Gasteiger partial charge in [-0.15, -0.1) is 0 Å². The first kappa shape index (κ1) is 13.0. The summed E-state index contributed by atoms with van der Waals surface area (Å²) in [5.41, 5.74) is 0. The SMILES string of the molecule is CSCCN1C(=O)NC(=O)C(C(C)C)C1=O. The number of hydrogen-bond acceptors (Lipinski definition) is 4. The van der Waals surface area contributed by atoms with Crippen LogP contribution in [0.25, 0.3) is 0 Å². The van der Waals surface area contributed by atoms with Gasteiger partial charge in [0.2, 0.25) is 11.8 Å². The highest BCUT2D eigenvalue weighted by atomic mass is 32.2. The molecule has 5 nitrogen and oxygen atoms in total. The lowest BCUT2D eigenvalue weighted by molar-refractivity contribution is -0.144. The van der Waals surface area contributed by atoms with Gasteiger partial charge in [0.15, 0.2) is 0 Å². The predicted molar refractivity (Wildman–Crippen MR) is 62.0 cm³/mol. The molecule has 4 amide bonds. The fourth-order valence-corrected chi connectivity index (χ4v) is 1.98. The van der Waals surface area contributed by atoms with Crippen molar-refractivity contribution in [1.29, 1.82) is 0 Å². The second-order valence-corrected chi connectivity index (χ2v) is 4.98. The van der Waals surface area contributed by atoms with E-state index in [4.69, 9.17) is 0 Å². The maximum atomic E-state index is 11.9. The van der Waals surface area contributed by atoms with Gasteiger partial charge in [0.05, 0.1) is 0 Å². The van der Waals surface area contributed by atoms with Crippen LogP contribution in [0.2, 0.25) is 0 Å². The molecule has 1 heterocycles. The molecule has 0 aliphatic carbocycles. The summed E-state index contributed by atoms with van der Waals surface area (Å²) in [6.07, 6.45) is 1.90. The number of carbonyl (C=O) groups excluding carboxylic acids is 3. The molecule has 1 atom stereocenters. The first-order chi connectivity index (χ1) is 7.49. The Balaban J connectivity index is 2.81. The Labute approximate surface area is 98.9 Å². The molecule has 0 bridgehead atoms. The van der Waals surface area contributed by atoms with E-state index < -0.39 is 17.9 Å². The minimum atomic E-state index is -0.737. The van der Waals surface area contributed by atoms with Crippen LogP contribution in [0.3, 0.4) is 0 Å². The fraction of sp³-hybridized carbons (Fsp3) is 0.700. The number of thioether (sulfide) groups is 1. The second kappa shape index (κ2) is 5.34. The first-order valence-corrected chi connectivity index (χ1v) is 6.53. The van der Waals surface area contributed by atoms with Crippen LogP contribution in [-0.4, -0.2) is 41.3 Å². The number of carbonyl (C=O) groups is 3. The number of nitrogens with one attached hydrogen (secondary N) is 1. The summed E-state index contributed by atoms with van der Waals surface area (Å²) in [6.45, 7) is 3.94. The minimum Gasteiger partial charge on any atom is -0.277 e. The standard InChI is InChI=1S/C10H16N2O3S/c1-6(2)7-8(13)11-10(15)12(9(7)14)4-5-16-3/h6-7H,4-5H2,1-3H3,(H,11,13,15). The van der Waals surface area contributed by atoms with Crippen molar-refractivity contribution in [1.82, 2.24) is 10.2 Å². The fourth-order valence-electron chi connectivity index (χ4n) is 1.61. The number of barbiturate groups is 1. The molecule has 0 aromatic rings. The van der Waals surface area contributed by atoms with Gasteiger partial charge in [-0.2, -0.15) is 11.8 Å². The monoisotopic (exact) mass is 244 g/mol. The molecule has 1 aliphatic heterocycles. The van der Waals surface area contributed by atoms with Crippen molar-refractivity contribution in [3.05, 3.63) is 0 Å². The van der Waals surface area contributed by atoms with Gasteiger partial charge in [-0.25, -0.2) is 4.79 Å². The highest BCUT2D eigenvalue weighted by Crippen LogP contribution is 2.18. The Morgan fingerprint density at radius 1 is 1.38 bits per heavy atom. The summed E-state index contributed by atoms with van der Waals surface area (Å²) in [6, 6.07) is -0.596. The van der Waals surface area contributed by atoms with Gasteiger partial charge in [-0.3, -0.25) is 19.8 Å². The normalized spacial score (nSPS) is 21.6. The molecule has 1 unspecified atom stereocenters. The van der Waals surface area contributed by atoms with Gasteiger partial charge < -0.3 is 0 Å². The van der Waals surface area contributed by atoms with Crippen molar-refractivity contribution < 1.29 is 14.4 Å². The molecule has 1 N–H and O–H groups in total. The highest BCUT2D eigenvalue weighted by molar-refractivity contribution is 7.98. The summed E-state index contributed by atoms with van der Waals surface area (Å²) in [5.74, 6) is -1.02. The molecule has 1 rings (SSSR count). The van der Waals surface area contributed by atoms with Crippen LogP contribution in [-0.2, 0) is 9.59 Å². The van der Waals surface area contributed by atoms with E-state index in [0.717, 1.165) is 4.90 Å². The number of imide groups is 2. The van der Waals surface area contributed by atoms with Crippen LogP contribution in [0.5, 0.6) is 0 Å². The Bertz CT molecular complexity index is 317. The van der Waals surface area contributed by atoms with Crippen molar-refractivity contribution in [2.75, 3.05) is 18.6 Å². The maximum absolute atomic E-state index is 11.9. The zero-order chi connectivity index (χ0) is 12.3. The van der Waals surface area contributed by atoms with E-state index in [1.54, 1.807) is 25.6 Å². The number of nitrogens with zero attached hydrogens (tertiary/aromatic N) is 1. The van der Waals surface area contributed by atoms with Crippen LogP contribution in [0, 0.1) is 11.8 Å². The molecule has 6 heteroatoms. The second-order valence-electron chi connectivity index (χ2n) is 4.00. The molecule has 1 saturated heterocycles. The smallest absolute Gasteiger partial charge is 0.277 e. The average molecular weight is 244 g/mol. The topological polar surface area (TPSA) is 66.5 Å². The summed E-state index contributed by atoms with van der Waals surface area (Å²) < 4.78 is 0. The van der Waals surface area contributed by atoms with Crippen LogP contribution >= 0.6 is 11.8 Å². The Kier molecular flexibility index (Phi) is 4.35. The van der Waals surface area contributed by atoms with Crippen molar-refractivity contribution in [2.24, 2.45) is 11.8 Å². The quantitative estimate of drug-likeness (QED) is 0.739. The van der Waals surface area contributed by atoms with Crippen LogP contribution in [0.1, 0.15) is 13.8 Å². The third-order valence-corrected chi connectivity index (χ3v) is 3.07. The molecule has 1 fully saturated rings. The maximum Gasteiger partial charge on any atom is 0.330 e. The molecule has 16 heavy (non-hydrogen) atoms. The van der Waals surface area contributed by atoms with Gasteiger partial charge in [0, 0.05) is 12.3 Å². The summed E-state index contributed by atoms with van der Waals surface area (Å²) in [4.78, 5) is 36.0. The molecule has 0 saturated carbocycles. The summed E-state index contributed by atoms with van der Waals surface area (Å²) >= 11 is 1.55. The van der Waals surface area contributed by atoms with Crippen molar-refractivity contribution >= 4 is 29.6 Å². The average Bonchev–Trinajstić information content (AvgIpc) is 2.16. The largest absolute Gasteiger partial charge is 0.330 e. The van der Waals surface area contributed by atoms with E-state index in [1.165, 1.54) is 0 Å². The zero-order valence-electron chi connectivity index (χ0n) is 9.65. The molecule has 90 valence electrons. The Morgan fingerprint density at radius 2 is 2.00 bits per heavy atom. The van der Waals surface area contributed by atoms with E-state index >= 15 is 0 Å². The zero-order valence-corrected chi connectivity index (χ0v) is 10.5. The summed E-state index contributed by atoms with van der Waals surface area (Å²) in [7, 11) is 0. The van der Waals surface area contributed by atoms with Gasteiger partial charge in [-0.1, -0.05) is 13.8 Å². The minimum absolute atomic E-state index is 0.0996. The molecular weight excluding hydrogens is 228 g/mol. The number of hydrogen-bond donors (Lipinski definition) is 1. The number of amides is 4. The van der Waals surface area contributed by atoms with Crippen molar-refractivity contribution in [3.63, 3.8) is 0 Å². The van der Waals surface area contributed by atoms with Crippen molar-refractivity contribution in [2.45, 2.75) is 13.8 Å². The number of rotatable bonds is 4. The van der Waals surface area contributed by atoms with E-state index in [2.05, 4.69) is 5.32 Å². The van der Waals surface area contributed by atoms with Crippen LogP contribution in [0.15, 0.2) is 0 Å². The van der Waals surface area contributed by atoms with Gasteiger partial charge in [-0.05, 0) is 12.2 Å². The van der Waals surface area contributed by atoms with E-state index in [0.29, 0.717) is 12.3 Å². The lowest BCUT2D eigenvalue weighted by Crippen LogP contribution is -2.59. The molecule has 0 aromatic heterocycles. The molecule has 0 radical (unpaired) electrons. The Morgan fingerprint density at radius 3 is 2.50 bits per heavy atom. The van der Waals surface area contributed by atoms with E-state index in [1.807, 2.05) is 6.26 Å². The van der Waals surface area contributed by atoms with Gasteiger partial charge in [0.25, 0.3) is 0 Å². The lowest BCUT2D eigenvalue weighted by atomic mass is 9.92. The lowest BCUT2D eigenvalue weighted by Gasteiger charge is -2.31. The third-order valence-electron chi connectivity index (χ3n) is 2.48. The molecule has 1 aliphatic rings. The molecular formula is C10H16N2O3S. The van der Waals surface area contributed by atoms with Gasteiger partial charge >= 0.3 is 6.03 Å². The van der Waals surface area contributed by atoms with E-state index in [-0.39, 0.29) is 11.8 Å². The van der Waals surface area contributed by atoms with Crippen molar-refractivity contribution in [3.8, 4) is 0 Å². The summed E-state index contributed by atoms with van der Waals surface area (Å²) in [5, 5.41) is 2.22. The Hall–Kier alpha value is -1.04. The molecule has 0 spiro atoms. The van der Waals surface area contributed by atoms with Gasteiger partial charge in [0.1, 0.15) is 5.92 Å². The van der Waals surface area contributed by atoms with Crippen LogP contribution < -0.4 is 5.32 Å².